The maximum atomic E-state index is 13.3. The summed E-state index contributed by atoms with van der Waals surface area (Å²) in [6.07, 6.45) is 4.57. The third-order valence-electron chi connectivity index (χ3n) is 6.01. The Bertz CT molecular complexity index is 1080. The van der Waals surface area contributed by atoms with Gasteiger partial charge in [0.1, 0.15) is 23.9 Å². The van der Waals surface area contributed by atoms with E-state index in [0.29, 0.717) is 36.8 Å². The van der Waals surface area contributed by atoms with Crippen molar-refractivity contribution in [3.8, 4) is 11.3 Å². The molecule has 0 atom stereocenters. The normalized spacial score (nSPS) is 18.3. The van der Waals surface area contributed by atoms with Gasteiger partial charge in [-0.15, -0.1) is 0 Å². The Hall–Kier alpha value is -3.42. The number of aromatic nitrogens is 1. The fraction of sp³-hybridized carbons (Fsp3) is 0.400. The van der Waals surface area contributed by atoms with Crippen molar-refractivity contribution in [1.82, 2.24) is 15.0 Å². The van der Waals surface area contributed by atoms with Gasteiger partial charge in [0.05, 0.1) is 11.3 Å². The minimum absolute atomic E-state index is 0.0893. The number of rotatable bonds is 5. The SMILES string of the molecule is C=C1CN(C(=O)N2CCCC2)CC/C1=N/C(=C\C)OCc1c(-c2ccc(F)cc2)noc1C. The Morgan fingerprint density at radius 3 is 2.64 bits per heavy atom. The van der Waals surface area contributed by atoms with Crippen LogP contribution in [0, 0.1) is 12.7 Å². The molecule has 0 radical (unpaired) electrons. The predicted molar refractivity (Wildman–Crippen MR) is 124 cm³/mol. The molecule has 2 amide bonds. The van der Waals surface area contributed by atoms with E-state index in [1.165, 1.54) is 12.1 Å². The van der Waals surface area contributed by atoms with Gasteiger partial charge < -0.3 is 19.1 Å². The molecule has 0 N–H and O–H groups in total. The lowest BCUT2D eigenvalue weighted by Gasteiger charge is -2.32. The first kappa shape index (κ1) is 22.8. The number of ether oxygens (including phenoxy) is 1. The first-order valence-corrected chi connectivity index (χ1v) is 11.3. The molecular formula is C25H29FN4O3. The summed E-state index contributed by atoms with van der Waals surface area (Å²) in [5.41, 5.74) is 3.82. The number of urea groups is 1. The fourth-order valence-electron chi connectivity index (χ4n) is 4.08. The van der Waals surface area contributed by atoms with Gasteiger partial charge in [-0.25, -0.2) is 14.2 Å². The summed E-state index contributed by atoms with van der Waals surface area (Å²) in [6, 6.07) is 6.19. The number of nitrogens with zero attached hydrogens (tertiary/aromatic N) is 4. The highest BCUT2D eigenvalue weighted by Crippen LogP contribution is 2.27. The van der Waals surface area contributed by atoms with Crippen LogP contribution in [-0.4, -0.2) is 52.9 Å². The molecule has 0 saturated carbocycles. The number of aliphatic imine (C=N–C) groups is 1. The number of benzene rings is 1. The number of piperidine rings is 1. The molecule has 2 aromatic rings. The van der Waals surface area contributed by atoms with Gasteiger partial charge in [0.25, 0.3) is 0 Å². The second-order valence-corrected chi connectivity index (χ2v) is 8.30. The summed E-state index contributed by atoms with van der Waals surface area (Å²) in [5.74, 6) is 0.795. The standard InChI is InChI=1S/C25H29FN4O3/c1-4-23(27-22-11-14-30(15-17(22)2)25(31)29-12-5-6-13-29)32-16-21-18(3)33-28-24(21)19-7-9-20(26)10-8-19/h4,7-10H,2,5-6,11-16H2,1,3H3/b23-4+,27-22-. The molecule has 0 unspecified atom stereocenters. The van der Waals surface area contributed by atoms with Gasteiger partial charge in [-0.05, 0) is 62.6 Å². The summed E-state index contributed by atoms with van der Waals surface area (Å²) in [7, 11) is 0. The summed E-state index contributed by atoms with van der Waals surface area (Å²) in [6.45, 7) is 10.8. The number of halogens is 1. The Morgan fingerprint density at radius 1 is 1.24 bits per heavy atom. The van der Waals surface area contributed by atoms with E-state index < -0.39 is 0 Å². The van der Waals surface area contributed by atoms with Crippen LogP contribution in [-0.2, 0) is 11.3 Å². The summed E-state index contributed by atoms with van der Waals surface area (Å²) in [5, 5.41) is 4.12. The number of allylic oxidation sites excluding steroid dienone is 1. The molecule has 7 nitrogen and oxygen atoms in total. The Balaban J connectivity index is 1.40. The van der Waals surface area contributed by atoms with Crippen LogP contribution in [0.1, 0.15) is 37.5 Å². The summed E-state index contributed by atoms with van der Waals surface area (Å²) >= 11 is 0. The zero-order valence-electron chi connectivity index (χ0n) is 19.1. The second-order valence-electron chi connectivity index (χ2n) is 8.30. The van der Waals surface area contributed by atoms with Crippen molar-refractivity contribution in [3.63, 3.8) is 0 Å². The molecule has 1 aromatic carbocycles. The third-order valence-corrected chi connectivity index (χ3v) is 6.01. The molecule has 2 saturated heterocycles. The van der Waals surface area contributed by atoms with Crippen molar-refractivity contribution in [2.75, 3.05) is 26.2 Å². The number of hydrogen-bond acceptors (Lipinski definition) is 5. The van der Waals surface area contributed by atoms with Gasteiger partial charge in [0.15, 0.2) is 0 Å². The van der Waals surface area contributed by atoms with Gasteiger partial charge >= 0.3 is 6.03 Å². The van der Waals surface area contributed by atoms with Crippen molar-refractivity contribution in [1.29, 1.82) is 0 Å². The molecule has 8 heteroatoms. The molecule has 2 aliphatic rings. The monoisotopic (exact) mass is 452 g/mol. The van der Waals surface area contributed by atoms with E-state index in [1.54, 1.807) is 18.2 Å². The van der Waals surface area contributed by atoms with E-state index in [2.05, 4.69) is 16.7 Å². The van der Waals surface area contributed by atoms with Gasteiger partial charge in [0.2, 0.25) is 5.88 Å². The molecule has 4 rings (SSSR count). The Morgan fingerprint density at radius 2 is 1.97 bits per heavy atom. The number of hydrogen-bond donors (Lipinski definition) is 0. The first-order chi connectivity index (χ1) is 16.0. The highest BCUT2D eigenvalue weighted by Gasteiger charge is 2.28. The maximum Gasteiger partial charge on any atom is 0.320 e. The largest absolute Gasteiger partial charge is 0.473 e. The zero-order valence-corrected chi connectivity index (χ0v) is 19.1. The van der Waals surface area contributed by atoms with Crippen molar-refractivity contribution < 1.29 is 18.4 Å². The number of likely N-dealkylation sites (tertiary alicyclic amines) is 2. The molecule has 3 heterocycles. The van der Waals surface area contributed by atoms with Crippen molar-refractivity contribution in [2.45, 2.75) is 39.7 Å². The molecule has 1 aromatic heterocycles. The molecule has 174 valence electrons. The van der Waals surface area contributed by atoms with Gasteiger partial charge in [-0.2, -0.15) is 0 Å². The van der Waals surface area contributed by atoms with Crippen LogP contribution < -0.4 is 0 Å². The lowest BCUT2D eigenvalue weighted by Crippen LogP contribution is -2.46. The van der Waals surface area contributed by atoms with Gasteiger partial charge in [-0.3, -0.25) is 0 Å². The van der Waals surface area contributed by atoms with E-state index in [-0.39, 0.29) is 18.5 Å². The van der Waals surface area contributed by atoms with E-state index in [9.17, 15) is 9.18 Å². The molecule has 0 spiro atoms. The Labute approximate surface area is 193 Å². The van der Waals surface area contributed by atoms with Crippen LogP contribution in [0.2, 0.25) is 0 Å². The molecule has 2 aliphatic heterocycles. The average Bonchev–Trinajstić information content (AvgIpc) is 3.48. The number of amides is 2. The minimum atomic E-state index is -0.308. The molecule has 33 heavy (non-hydrogen) atoms. The summed E-state index contributed by atoms with van der Waals surface area (Å²) < 4.78 is 24.6. The topological polar surface area (TPSA) is 71.2 Å². The second kappa shape index (κ2) is 10.0. The quantitative estimate of drug-likeness (QED) is 0.593. The zero-order chi connectivity index (χ0) is 23.4. The first-order valence-electron chi connectivity index (χ1n) is 11.3. The van der Waals surface area contributed by atoms with E-state index in [0.717, 1.165) is 48.3 Å². The highest BCUT2D eigenvalue weighted by molar-refractivity contribution is 6.02. The smallest absolute Gasteiger partial charge is 0.320 e. The van der Waals surface area contributed by atoms with Crippen LogP contribution in [0.25, 0.3) is 11.3 Å². The Kier molecular flexibility index (Phi) is 6.91. The van der Waals surface area contributed by atoms with Crippen LogP contribution in [0.4, 0.5) is 9.18 Å². The van der Waals surface area contributed by atoms with Crippen molar-refractivity contribution in [2.24, 2.45) is 4.99 Å². The van der Waals surface area contributed by atoms with E-state index in [1.807, 2.05) is 23.6 Å². The van der Waals surface area contributed by atoms with Crippen LogP contribution in [0.5, 0.6) is 0 Å². The molecule has 0 aliphatic carbocycles. The molecular weight excluding hydrogens is 423 g/mol. The van der Waals surface area contributed by atoms with Crippen molar-refractivity contribution in [3.05, 3.63) is 65.5 Å². The minimum Gasteiger partial charge on any atom is -0.473 e. The van der Waals surface area contributed by atoms with Crippen LogP contribution >= 0.6 is 0 Å². The fourth-order valence-corrected chi connectivity index (χ4v) is 4.08. The van der Waals surface area contributed by atoms with Gasteiger partial charge in [0, 0.05) is 38.2 Å². The average molecular weight is 453 g/mol. The highest BCUT2D eigenvalue weighted by atomic mass is 19.1. The van der Waals surface area contributed by atoms with Gasteiger partial charge in [-0.1, -0.05) is 11.7 Å². The lowest BCUT2D eigenvalue weighted by molar-refractivity contribution is 0.166. The number of aryl methyl sites for hydroxylation is 1. The van der Waals surface area contributed by atoms with Crippen molar-refractivity contribution >= 4 is 11.7 Å². The van der Waals surface area contributed by atoms with Crippen LogP contribution in [0.3, 0.4) is 0 Å². The van der Waals surface area contributed by atoms with E-state index in [4.69, 9.17) is 9.26 Å². The maximum absolute atomic E-state index is 13.3. The molecule has 0 bridgehead atoms. The third kappa shape index (κ3) is 5.16. The molecule has 2 fully saturated rings. The lowest BCUT2D eigenvalue weighted by atomic mass is 10.0. The van der Waals surface area contributed by atoms with E-state index >= 15 is 0 Å². The predicted octanol–water partition coefficient (Wildman–Crippen LogP) is 5.09. The number of carbonyl (C=O) groups excluding carboxylic acids is 1. The number of carbonyl (C=O) groups is 1. The van der Waals surface area contributed by atoms with Crippen LogP contribution in [0.15, 0.2) is 57.9 Å². The summed E-state index contributed by atoms with van der Waals surface area (Å²) in [4.78, 5) is 21.1.